The first-order valence-electron chi connectivity index (χ1n) is 7.14. The summed E-state index contributed by atoms with van der Waals surface area (Å²) < 4.78 is 7.80. The first-order chi connectivity index (χ1) is 9.22. The molecule has 0 amide bonds. The lowest BCUT2D eigenvalue weighted by atomic mass is 10.1. The van der Waals surface area contributed by atoms with Gasteiger partial charge < -0.3 is 4.74 Å². The van der Waals surface area contributed by atoms with E-state index in [-0.39, 0.29) is 0 Å². The van der Waals surface area contributed by atoms with Crippen LogP contribution in [0.4, 0.5) is 0 Å². The van der Waals surface area contributed by atoms with Gasteiger partial charge in [0, 0.05) is 32.0 Å². The summed E-state index contributed by atoms with van der Waals surface area (Å²) in [7, 11) is 2.04. The quantitative estimate of drug-likeness (QED) is 0.750. The highest BCUT2D eigenvalue weighted by molar-refractivity contribution is 9.09. The minimum Gasteiger partial charge on any atom is -0.377 e. The minimum absolute atomic E-state index is 0.451. The maximum absolute atomic E-state index is 5.78. The van der Waals surface area contributed by atoms with E-state index in [4.69, 9.17) is 4.74 Å². The van der Waals surface area contributed by atoms with Crippen LogP contribution in [0.2, 0.25) is 0 Å². The third-order valence-corrected chi connectivity index (χ3v) is 4.06. The second-order valence-corrected chi connectivity index (χ2v) is 5.93. The summed E-state index contributed by atoms with van der Waals surface area (Å²) in [5, 5.41) is 5.44. The highest BCUT2D eigenvalue weighted by Crippen LogP contribution is 2.16. The molecule has 1 aromatic heterocycles. The molecule has 2 rings (SSSR count). The Kier molecular flexibility index (Phi) is 5.85. The number of rotatable bonds is 6. The molecule has 0 atom stereocenters. The van der Waals surface area contributed by atoms with Crippen LogP contribution in [0.25, 0.3) is 0 Å². The molecular formula is C14H24BrN3O. The maximum atomic E-state index is 5.78. The second kappa shape index (κ2) is 7.41. The summed E-state index contributed by atoms with van der Waals surface area (Å²) in [6, 6.07) is 2.23. The van der Waals surface area contributed by atoms with Crippen molar-refractivity contribution in [2.75, 3.05) is 25.0 Å². The lowest BCUT2D eigenvalue weighted by Crippen LogP contribution is -2.37. The summed E-state index contributed by atoms with van der Waals surface area (Å²) in [5.41, 5.74) is 2.50. The largest absolute Gasteiger partial charge is 0.377 e. The van der Waals surface area contributed by atoms with E-state index in [1.807, 2.05) is 11.7 Å². The summed E-state index contributed by atoms with van der Waals surface area (Å²) in [4.78, 5) is 2.50. The fourth-order valence-corrected chi connectivity index (χ4v) is 2.75. The van der Waals surface area contributed by atoms with Gasteiger partial charge in [-0.15, -0.1) is 0 Å². The molecular weight excluding hydrogens is 306 g/mol. The monoisotopic (exact) mass is 329 g/mol. The zero-order valence-electron chi connectivity index (χ0n) is 11.9. The molecule has 0 N–H and O–H groups in total. The van der Waals surface area contributed by atoms with E-state index in [9.17, 15) is 0 Å². The topological polar surface area (TPSA) is 30.3 Å². The van der Waals surface area contributed by atoms with Crippen molar-refractivity contribution < 1.29 is 4.74 Å². The molecule has 0 unspecified atom stereocenters. The number of halogens is 1. The fraction of sp³-hybridized carbons (Fsp3) is 0.786. The van der Waals surface area contributed by atoms with E-state index < -0.39 is 0 Å². The van der Waals surface area contributed by atoms with Gasteiger partial charge in [-0.2, -0.15) is 5.10 Å². The molecule has 108 valence electrons. The summed E-state index contributed by atoms with van der Waals surface area (Å²) >= 11 is 3.40. The Balaban J connectivity index is 1.80. The minimum atomic E-state index is 0.451. The molecule has 0 radical (unpaired) electrons. The molecule has 0 bridgehead atoms. The van der Waals surface area contributed by atoms with Gasteiger partial charge in [0.15, 0.2) is 0 Å². The molecule has 0 aromatic carbocycles. The van der Waals surface area contributed by atoms with Gasteiger partial charge in [-0.05, 0) is 25.3 Å². The summed E-state index contributed by atoms with van der Waals surface area (Å²) in [6.45, 7) is 6.24. The molecule has 1 fully saturated rings. The predicted molar refractivity (Wildman–Crippen MR) is 80.6 cm³/mol. The van der Waals surface area contributed by atoms with Gasteiger partial charge in [0.05, 0.1) is 24.1 Å². The van der Waals surface area contributed by atoms with Crippen LogP contribution < -0.4 is 0 Å². The first kappa shape index (κ1) is 15.0. The van der Waals surface area contributed by atoms with E-state index in [2.05, 4.69) is 38.9 Å². The number of ether oxygens (including phenoxy) is 1. The van der Waals surface area contributed by atoms with Gasteiger partial charge in [0.1, 0.15) is 0 Å². The van der Waals surface area contributed by atoms with E-state index >= 15 is 0 Å². The third-order valence-electron chi connectivity index (χ3n) is 3.74. The number of alkyl halides is 1. The molecule has 4 nitrogen and oxygen atoms in total. The lowest BCUT2D eigenvalue weighted by Gasteiger charge is -2.31. The van der Waals surface area contributed by atoms with E-state index in [1.54, 1.807) is 0 Å². The van der Waals surface area contributed by atoms with Crippen LogP contribution in [0.5, 0.6) is 0 Å². The number of hydrogen-bond donors (Lipinski definition) is 0. The number of aryl methyl sites for hydroxylation is 2. The molecule has 0 saturated carbocycles. The maximum Gasteiger partial charge on any atom is 0.0625 e. The van der Waals surface area contributed by atoms with Crippen molar-refractivity contribution in [3.63, 3.8) is 0 Å². The number of piperidine rings is 1. The highest BCUT2D eigenvalue weighted by Gasteiger charge is 2.20. The molecule has 1 saturated heterocycles. The molecule has 1 aromatic rings. The Hall–Kier alpha value is -0.390. The van der Waals surface area contributed by atoms with Crippen LogP contribution in [0.3, 0.4) is 0 Å². The molecule has 1 aliphatic rings. The van der Waals surface area contributed by atoms with E-state index in [0.717, 1.165) is 50.8 Å². The van der Waals surface area contributed by atoms with Crippen LogP contribution in [-0.2, 0) is 24.8 Å². The number of aromatic nitrogens is 2. The average Bonchev–Trinajstić information content (AvgIpc) is 2.79. The summed E-state index contributed by atoms with van der Waals surface area (Å²) in [6.07, 6.45) is 3.75. The standard InChI is InChI=1S/C14H24BrN3O/c1-3-12-10-13(17(2)16-12)11-18-7-4-14(5-8-18)19-9-6-15/h10,14H,3-9,11H2,1-2H3. The van der Waals surface area contributed by atoms with Gasteiger partial charge in [0.2, 0.25) is 0 Å². The molecule has 5 heteroatoms. The van der Waals surface area contributed by atoms with Crippen LogP contribution >= 0.6 is 15.9 Å². The van der Waals surface area contributed by atoms with Crippen molar-refractivity contribution in [1.82, 2.24) is 14.7 Å². The number of likely N-dealkylation sites (tertiary alicyclic amines) is 1. The average molecular weight is 330 g/mol. The molecule has 1 aliphatic heterocycles. The Morgan fingerprint density at radius 2 is 2.16 bits per heavy atom. The van der Waals surface area contributed by atoms with Crippen LogP contribution in [0.1, 0.15) is 31.2 Å². The van der Waals surface area contributed by atoms with Crippen molar-refractivity contribution in [3.05, 3.63) is 17.5 Å². The van der Waals surface area contributed by atoms with E-state index in [1.165, 1.54) is 11.4 Å². The molecule has 0 spiro atoms. The Morgan fingerprint density at radius 1 is 1.42 bits per heavy atom. The SMILES string of the molecule is CCc1cc(CN2CCC(OCCBr)CC2)n(C)n1. The lowest BCUT2D eigenvalue weighted by molar-refractivity contribution is 0.0137. The smallest absolute Gasteiger partial charge is 0.0625 e. The van der Waals surface area contributed by atoms with Crippen LogP contribution in [0.15, 0.2) is 6.07 Å². The van der Waals surface area contributed by atoms with Gasteiger partial charge in [-0.1, -0.05) is 22.9 Å². The zero-order valence-corrected chi connectivity index (χ0v) is 13.5. The fourth-order valence-electron chi connectivity index (χ4n) is 2.57. The Labute approximate surface area is 124 Å². The normalized spacial score (nSPS) is 18.1. The van der Waals surface area contributed by atoms with Crippen molar-refractivity contribution >= 4 is 15.9 Å². The van der Waals surface area contributed by atoms with Crippen LogP contribution in [0, 0.1) is 0 Å². The van der Waals surface area contributed by atoms with Gasteiger partial charge in [-0.25, -0.2) is 0 Å². The molecule has 0 aliphatic carbocycles. The van der Waals surface area contributed by atoms with Crippen molar-refractivity contribution in [3.8, 4) is 0 Å². The highest BCUT2D eigenvalue weighted by atomic mass is 79.9. The van der Waals surface area contributed by atoms with Crippen molar-refractivity contribution in [2.45, 2.75) is 38.8 Å². The van der Waals surface area contributed by atoms with Gasteiger partial charge in [-0.3, -0.25) is 9.58 Å². The Bertz CT molecular complexity index is 386. The predicted octanol–water partition coefficient (Wildman–Crippen LogP) is 2.36. The Morgan fingerprint density at radius 3 is 2.74 bits per heavy atom. The summed E-state index contributed by atoms with van der Waals surface area (Å²) in [5.74, 6) is 0. The van der Waals surface area contributed by atoms with Gasteiger partial charge >= 0.3 is 0 Å². The third kappa shape index (κ3) is 4.29. The second-order valence-electron chi connectivity index (χ2n) is 5.14. The zero-order chi connectivity index (χ0) is 13.7. The molecule has 19 heavy (non-hydrogen) atoms. The number of hydrogen-bond acceptors (Lipinski definition) is 3. The van der Waals surface area contributed by atoms with Crippen molar-refractivity contribution in [1.29, 1.82) is 0 Å². The number of nitrogens with zero attached hydrogens (tertiary/aromatic N) is 3. The van der Waals surface area contributed by atoms with E-state index in [0.29, 0.717) is 6.10 Å². The first-order valence-corrected chi connectivity index (χ1v) is 8.26. The van der Waals surface area contributed by atoms with Crippen LogP contribution in [-0.4, -0.2) is 45.8 Å². The van der Waals surface area contributed by atoms with Crippen molar-refractivity contribution in [2.24, 2.45) is 7.05 Å². The molecule has 2 heterocycles. The van der Waals surface area contributed by atoms with Gasteiger partial charge in [0.25, 0.3) is 0 Å².